The Bertz CT molecular complexity index is 1240. The van der Waals surface area contributed by atoms with Gasteiger partial charge in [-0.3, -0.25) is 0 Å². The quantitative estimate of drug-likeness (QED) is 0.512. The van der Waals surface area contributed by atoms with E-state index in [0.29, 0.717) is 29.3 Å². The van der Waals surface area contributed by atoms with Crippen LogP contribution in [0.2, 0.25) is 0 Å². The number of hydrogen-bond acceptors (Lipinski definition) is 4. The minimum Gasteiger partial charge on any atom is -0.361 e. The monoisotopic (exact) mass is 492 g/mol. The van der Waals surface area contributed by atoms with E-state index in [0.717, 1.165) is 22.5 Å². The summed E-state index contributed by atoms with van der Waals surface area (Å²) < 4.78 is 68.1. The van der Waals surface area contributed by atoms with Crippen LogP contribution in [0.3, 0.4) is 0 Å². The van der Waals surface area contributed by atoms with Gasteiger partial charge in [-0.1, -0.05) is 48.5 Å². The Balaban J connectivity index is 1.78. The topological polar surface area (TPSA) is 58.4 Å². The highest BCUT2D eigenvalue weighted by Crippen LogP contribution is 2.37. The van der Waals surface area contributed by atoms with Crippen LogP contribution in [-0.2, 0) is 36.6 Å². The first-order chi connectivity index (χ1) is 16.1. The lowest BCUT2D eigenvalue weighted by Crippen LogP contribution is -2.47. The predicted octanol–water partition coefficient (Wildman–Crippen LogP) is 4.40. The molecule has 1 aromatic heterocycles. The van der Waals surface area contributed by atoms with Crippen LogP contribution >= 0.6 is 0 Å². The Labute approximate surface area is 197 Å². The van der Waals surface area contributed by atoms with Crippen molar-refractivity contribution in [2.24, 2.45) is 7.05 Å². The normalized spacial score (nSPS) is 17.4. The number of aromatic nitrogens is 2. The number of halogens is 3. The zero-order valence-electron chi connectivity index (χ0n) is 19.0. The van der Waals surface area contributed by atoms with Gasteiger partial charge in [-0.25, -0.2) is 13.4 Å². The van der Waals surface area contributed by atoms with E-state index in [2.05, 4.69) is 4.98 Å². The SMILES string of the molecule is Cc1cccc2c1N(Cc1cn(C)cn1)[C@H](CCc1ccccc1)CN(S(=O)(=O)C(F)(F)F)C2. The van der Waals surface area contributed by atoms with E-state index in [9.17, 15) is 21.6 Å². The Hall–Kier alpha value is -2.85. The first-order valence-corrected chi connectivity index (χ1v) is 12.4. The lowest BCUT2D eigenvalue weighted by molar-refractivity contribution is -0.0492. The molecule has 34 heavy (non-hydrogen) atoms. The van der Waals surface area contributed by atoms with Gasteiger partial charge in [0.2, 0.25) is 0 Å². The number of imidazole rings is 1. The molecule has 0 saturated heterocycles. The van der Waals surface area contributed by atoms with Gasteiger partial charge in [0.05, 0.1) is 18.6 Å². The van der Waals surface area contributed by atoms with E-state index < -0.39 is 21.6 Å². The van der Waals surface area contributed by atoms with Crippen LogP contribution in [0.5, 0.6) is 0 Å². The van der Waals surface area contributed by atoms with Crippen LogP contribution in [0, 0.1) is 6.92 Å². The molecule has 2 heterocycles. The van der Waals surface area contributed by atoms with Gasteiger partial charge in [0.25, 0.3) is 0 Å². The number of anilines is 1. The molecule has 2 aromatic carbocycles. The number of para-hydroxylation sites is 1. The van der Waals surface area contributed by atoms with Crippen molar-refractivity contribution in [3.8, 4) is 0 Å². The third-order valence-electron chi connectivity index (χ3n) is 6.14. The summed E-state index contributed by atoms with van der Waals surface area (Å²) in [5, 5.41) is 0. The fourth-order valence-corrected chi connectivity index (χ4v) is 5.49. The third-order valence-corrected chi connectivity index (χ3v) is 7.69. The fourth-order valence-electron chi connectivity index (χ4n) is 4.51. The molecule has 4 rings (SSSR count). The number of alkyl halides is 3. The molecule has 1 aliphatic rings. The largest absolute Gasteiger partial charge is 0.511 e. The summed E-state index contributed by atoms with van der Waals surface area (Å²) in [6, 6.07) is 14.5. The van der Waals surface area contributed by atoms with Crippen molar-refractivity contribution in [2.75, 3.05) is 11.4 Å². The molecule has 6 nitrogen and oxygen atoms in total. The van der Waals surface area contributed by atoms with Gasteiger partial charge in [-0.15, -0.1) is 0 Å². The number of aryl methyl sites for hydroxylation is 3. The number of benzene rings is 2. The number of fused-ring (bicyclic) bond motifs is 1. The van der Waals surface area contributed by atoms with Gasteiger partial charge in [0.1, 0.15) is 0 Å². The van der Waals surface area contributed by atoms with Crippen LogP contribution in [0.15, 0.2) is 61.1 Å². The molecule has 0 N–H and O–H groups in total. The highest BCUT2D eigenvalue weighted by molar-refractivity contribution is 7.89. The molecule has 0 radical (unpaired) electrons. The smallest absolute Gasteiger partial charge is 0.361 e. The maximum Gasteiger partial charge on any atom is 0.511 e. The van der Waals surface area contributed by atoms with Gasteiger partial charge in [-0.05, 0) is 36.5 Å². The first kappa shape index (κ1) is 24.3. The Morgan fingerprint density at radius 1 is 1.09 bits per heavy atom. The molecule has 1 atom stereocenters. The van der Waals surface area contributed by atoms with Crippen molar-refractivity contribution in [1.29, 1.82) is 0 Å². The summed E-state index contributed by atoms with van der Waals surface area (Å²) in [7, 11) is -3.65. The van der Waals surface area contributed by atoms with Gasteiger partial charge in [-0.2, -0.15) is 17.5 Å². The van der Waals surface area contributed by atoms with Crippen LogP contribution in [0.1, 0.15) is 28.8 Å². The average Bonchev–Trinajstić information content (AvgIpc) is 3.11. The molecule has 0 spiro atoms. The Morgan fingerprint density at radius 2 is 1.82 bits per heavy atom. The van der Waals surface area contributed by atoms with Crippen LogP contribution in [-0.4, -0.2) is 40.4 Å². The molecule has 0 fully saturated rings. The van der Waals surface area contributed by atoms with Gasteiger partial charge < -0.3 is 9.47 Å². The predicted molar refractivity (Wildman–Crippen MR) is 125 cm³/mol. The highest BCUT2D eigenvalue weighted by atomic mass is 32.2. The second-order valence-corrected chi connectivity index (χ2v) is 10.6. The Kier molecular flexibility index (Phi) is 6.73. The third kappa shape index (κ3) is 4.97. The van der Waals surface area contributed by atoms with Crippen LogP contribution < -0.4 is 4.90 Å². The molecular weight excluding hydrogens is 465 g/mol. The molecule has 182 valence electrons. The van der Waals surface area contributed by atoms with E-state index in [1.165, 1.54) is 0 Å². The minimum atomic E-state index is -5.50. The van der Waals surface area contributed by atoms with Crippen molar-refractivity contribution >= 4 is 15.7 Å². The van der Waals surface area contributed by atoms with Crippen molar-refractivity contribution in [2.45, 2.75) is 44.4 Å². The summed E-state index contributed by atoms with van der Waals surface area (Å²) >= 11 is 0. The van der Waals surface area contributed by atoms with E-state index in [1.54, 1.807) is 18.5 Å². The average molecular weight is 493 g/mol. The van der Waals surface area contributed by atoms with E-state index in [-0.39, 0.29) is 13.1 Å². The maximum atomic E-state index is 13.6. The molecule has 0 bridgehead atoms. The number of rotatable bonds is 6. The van der Waals surface area contributed by atoms with Gasteiger partial charge in [0.15, 0.2) is 0 Å². The number of hydrogen-bond donors (Lipinski definition) is 0. The van der Waals surface area contributed by atoms with E-state index in [4.69, 9.17) is 0 Å². The van der Waals surface area contributed by atoms with Crippen molar-refractivity contribution in [3.05, 3.63) is 83.4 Å². The standard InChI is InChI=1S/C24H27F3N4O2S/c1-18-7-6-10-20-13-30(34(32,33)24(25,26)27)16-22(12-11-19-8-4-3-5-9-19)31(23(18)20)15-21-14-29(2)17-28-21/h3-10,14,17,22H,11-13,15-16H2,1-2H3/t22-/m1/s1. The molecular formula is C24H27F3N4O2S. The molecule has 0 unspecified atom stereocenters. The first-order valence-electron chi connectivity index (χ1n) is 11.0. The molecule has 0 saturated carbocycles. The van der Waals surface area contributed by atoms with Gasteiger partial charge in [0, 0.05) is 38.1 Å². The summed E-state index contributed by atoms with van der Waals surface area (Å²) in [5.41, 5.74) is -1.37. The number of nitrogens with zero attached hydrogens (tertiary/aromatic N) is 4. The molecule has 0 aliphatic carbocycles. The van der Waals surface area contributed by atoms with E-state index >= 15 is 0 Å². The maximum absolute atomic E-state index is 13.6. The molecule has 3 aromatic rings. The van der Waals surface area contributed by atoms with Crippen molar-refractivity contribution in [3.63, 3.8) is 0 Å². The lowest BCUT2D eigenvalue weighted by Gasteiger charge is -2.35. The van der Waals surface area contributed by atoms with Crippen LogP contribution in [0.25, 0.3) is 0 Å². The summed E-state index contributed by atoms with van der Waals surface area (Å²) in [6.45, 7) is 1.65. The summed E-state index contributed by atoms with van der Waals surface area (Å²) in [6.07, 6.45) is 4.62. The van der Waals surface area contributed by atoms with Gasteiger partial charge >= 0.3 is 15.5 Å². The van der Waals surface area contributed by atoms with Crippen LogP contribution in [0.4, 0.5) is 18.9 Å². The second-order valence-electron chi connectivity index (χ2n) is 8.66. The highest BCUT2D eigenvalue weighted by Gasteiger charge is 2.51. The molecule has 10 heteroatoms. The lowest BCUT2D eigenvalue weighted by atomic mass is 10.0. The molecule has 0 amide bonds. The minimum absolute atomic E-state index is 0.268. The second kappa shape index (κ2) is 9.42. The number of sulfonamides is 1. The Morgan fingerprint density at radius 3 is 2.47 bits per heavy atom. The zero-order valence-corrected chi connectivity index (χ0v) is 19.9. The molecule has 1 aliphatic heterocycles. The van der Waals surface area contributed by atoms with Crippen molar-refractivity contribution < 1.29 is 21.6 Å². The van der Waals surface area contributed by atoms with E-state index in [1.807, 2.05) is 66.0 Å². The summed E-state index contributed by atoms with van der Waals surface area (Å²) in [5.74, 6) is 0. The van der Waals surface area contributed by atoms with Crippen molar-refractivity contribution in [1.82, 2.24) is 13.9 Å². The fraction of sp³-hybridized carbons (Fsp3) is 0.375. The summed E-state index contributed by atoms with van der Waals surface area (Å²) in [4.78, 5) is 6.44. The zero-order chi connectivity index (χ0) is 24.5.